The lowest BCUT2D eigenvalue weighted by Crippen LogP contribution is -2.41. The Labute approximate surface area is 89.7 Å². The quantitative estimate of drug-likeness (QED) is 0.772. The fourth-order valence-corrected chi connectivity index (χ4v) is 2.15. The smallest absolute Gasteiger partial charge is 0.0967 e. The summed E-state index contributed by atoms with van der Waals surface area (Å²) in [6.45, 7) is 2.11. The molecule has 0 aliphatic carbocycles. The zero-order valence-electron chi connectivity index (χ0n) is 9.13. The van der Waals surface area contributed by atoms with E-state index in [0.717, 1.165) is 25.2 Å². The van der Waals surface area contributed by atoms with E-state index in [-0.39, 0.29) is 6.61 Å². The SMILES string of the molecule is Cn1cc(CN2CCCCC2CO)nn1. The summed E-state index contributed by atoms with van der Waals surface area (Å²) in [7, 11) is 1.87. The molecule has 1 atom stereocenters. The molecule has 2 rings (SSSR count). The van der Waals surface area contributed by atoms with Gasteiger partial charge in [-0.2, -0.15) is 0 Å². The van der Waals surface area contributed by atoms with Gasteiger partial charge in [0.05, 0.1) is 12.3 Å². The minimum absolute atomic E-state index is 0.250. The van der Waals surface area contributed by atoms with Gasteiger partial charge in [0, 0.05) is 25.8 Å². The van der Waals surface area contributed by atoms with Crippen LogP contribution in [0, 0.1) is 0 Å². The lowest BCUT2D eigenvalue weighted by Gasteiger charge is -2.33. The van der Waals surface area contributed by atoms with E-state index < -0.39 is 0 Å². The van der Waals surface area contributed by atoms with Crippen LogP contribution in [0.1, 0.15) is 25.0 Å². The number of aliphatic hydroxyl groups is 1. The molecule has 1 N–H and O–H groups in total. The van der Waals surface area contributed by atoms with Crippen molar-refractivity contribution in [2.24, 2.45) is 7.05 Å². The average molecular weight is 210 g/mol. The number of aromatic nitrogens is 3. The molecule has 1 saturated heterocycles. The van der Waals surface area contributed by atoms with E-state index in [0.29, 0.717) is 6.04 Å². The summed E-state index contributed by atoms with van der Waals surface area (Å²) in [4.78, 5) is 2.30. The third-order valence-electron chi connectivity index (χ3n) is 2.98. The first-order valence-corrected chi connectivity index (χ1v) is 5.49. The van der Waals surface area contributed by atoms with Gasteiger partial charge in [-0.15, -0.1) is 5.10 Å². The number of hydrogen-bond acceptors (Lipinski definition) is 4. The Bertz CT molecular complexity index is 312. The van der Waals surface area contributed by atoms with Crippen molar-refractivity contribution in [3.05, 3.63) is 11.9 Å². The van der Waals surface area contributed by atoms with E-state index >= 15 is 0 Å². The summed E-state index contributed by atoms with van der Waals surface area (Å²) in [5.41, 5.74) is 0.984. The Morgan fingerprint density at radius 2 is 2.40 bits per heavy atom. The van der Waals surface area contributed by atoms with Gasteiger partial charge in [0.25, 0.3) is 0 Å². The van der Waals surface area contributed by atoms with Crippen LogP contribution in [0.15, 0.2) is 6.20 Å². The summed E-state index contributed by atoms with van der Waals surface area (Å²) in [5.74, 6) is 0. The first-order valence-electron chi connectivity index (χ1n) is 5.49. The normalized spacial score (nSPS) is 23.2. The van der Waals surface area contributed by atoms with Crippen LogP contribution in [0.4, 0.5) is 0 Å². The van der Waals surface area contributed by atoms with E-state index in [1.807, 2.05) is 13.2 Å². The van der Waals surface area contributed by atoms with E-state index in [1.54, 1.807) is 4.68 Å². The summed E-state index contributed by atoms with van der Waals surface area (Å²) < 4.78 is 1.72. The first kappa shape index (κ1) is 10.6. The molecular formula is C10H18N4O. The number of rotatable bonds is 3. The largest absolute Gasteiger partial charge is 0.395 e. The number of hydrogen-bond donors (Lipinski definition) is 1. The first-order chi connectivity index (χ1) is 7.29. The molecule has 0 amide bonds. The summed E-state index contributed by atoms with van der Waals surface area (Å²) in [5, 5.41) is 17.2. The topological polar surface area (TPSA) is 54.2 Å². The zero-order chi connectivity index (χ0) is 10.7. The molecular weight excluding hydrogens is 192 g/mol. The van der Waals surface area contributed by atoms with Crippen molar-refractivity contribution in [3.8, 4) is 0 Å². The second kappa shape index (κ2) is 4.72. The molecule has 1 aliphatic heterocycles. The fourth-order valence-electron chi connectivity index (χ4n) is 2.15. The van der Waals surface area contributed by atoms with Gasteiger partial charge >= 0.3 is 0 Å². The maximum absolute atomic E-state index is 9.26. The van der Waals surface area contributed by atoms with Crippen LogP contribution in [0.25, 0.3) is 0 Å². The molecule has 5 heteroatoms. The maximum Gasteiger partial charge on any atom is 0.0967 e. The fraction of sp³-hybridized carbons (Fsp3) is 0.800. The van der Waals surface area contributed by atoms with E-state index in [2.05, 4.69) is 15.2 Å². The molecule has 0 spiro atoms. The highest BCUT2D eigenvalue weighted by atomic mass is 16.3. The Balaban J connectivity index is 1.97. The van der Waals surface area contributed by atoms with Crippen molar-refractivity contribution in [2.45, 2.75) is 31.8 Å². The number of aliphatic hydroxyl groups excluding tert-OH is 1. The van der Waals surface area contributed by atoms with Crippen LogP contribution in [0.3, 0.4) is 0 Å². The van der Waals surface area contributed by atoms with Gasteiger partial charge in [0.2, 0.25) is 0 Å². The van der Waals surface area contributed by atoms with Crippen LogP contribution < -0.4 is 0 Å². The molecule has 15 heavy (non-hydrogen) atoms. The lowest BCUT2D eigenvalue weighted by atomic mass is 10.0. The Morgan fingerprint density at radius 3 is 3.07 bits per heavy atom. The van der Waals surface area contributed by atoms with Gasteiger partial charge in [-0.1, -0.05) is 11.6 Å². The van der Waals surface area contributed by atoms with Crippen LogP contribution in [-0.4, -0.2) is 44.2 Å². The molecule has 1 aliphatic rings. The molecule has 2 heterocycles. The van der Waals surface area contributed by atoms with Crippen molar-refractivity contribution in [3.63, 3.8) is 0 Å². The molecule has 1 aromatic rings. The number of nitrogens with zero attached hydrogens (tertiary/aromatic N) is 4. The van der Waals surface area contributed by atoms with Crippen LogP contribution in [0.2, 0.25) is 0 Å². The second-order valence-corrected chi connectivity index (χ2v) is 4.19. The standard InChI is InChI=1S/C10H18N4O/c1-13-6-9(11-12-13)7-14-5-3-2-4-10(14)8-15/h6,10,15H,2-5,7-8H2,1H3. The molecule has 0 bridgehead atoms. The Kier molecular flexibility index (Phi) is 3.33. The molecule has 0 saturated carbocycles. The van der Waals surface area contributed by atoms with Gasteiger partial charge in [0.1, 0.15) is 0 Å². The van der Waals surface area contributed by atoms with Crippen LogP contribution in [0.5, 0.6) is 0 Å². The molecule has 5 nitrogen and oxygen atoms in total. The van der Waals surface area contributed by atoms with Gasteiger partial charge in [-0.3, -0.25) is 9.58 Å². The lowest BCUT2D eigenvalue weighted by molar-refractivity contribution is 0.0830. The van der Waals surface area contributed by atoms with E-state index in [1.165, 1.54) is 12.8 Å². The van der Waals surface area contributed by atoms with Crippen molar-refractivity contribution in [2.75, 3.05) is 13.2 Å². The highest BCUT2D eigenvalue weighted by molar-refractivity contribution is 4.93. The minimum atomic E-state index is 0.250. The van der Waals surface area contributed by atoms with Crippen molar-refractivity contribution in [1.82, 2.24) is 19.9 Å². The number of aryl methyl sites for hydroxylation is 1. The van der Waals surface area contributed by atoms with Crippen molar-refractivity contribution < 1.29 is 5.11 Å². The third-order valence-corrected chi connectivity index (χ3v) is 2.98. The molecule has 0 radical (unpaired) electrons. The zero-order valence-corrected chi connectivity index (χ0v) is 9.13. The second-order valence-electron chi connectivity index (χ2n) is 4.19. The highest BCUT2D eigenvalue weighted by Crippen LogP contribution is 2.18. The summed E-state index contributed by atoms with van der Waals surface area (Å²) >= 11 is 0. The molecule has 1 fully saturated rings. The van der Waals surface area contributed by atoms with Gasteiger partial charge in [0.15, 0.2) is 0 Å². The maximum atomic E-state index is 9.26. The predicted molar refractivity (Wildman–Crippen MR) is 56.1 cm³/mol. The highest BCUT2D eigenvalue weighted by Gasteiger charge is 2.22. The van der Waals surface area contributed by atoms with Crippen molar-refractivity contribution >= 4 is 0 Å². The minimum Gasteiger partial charge on any atom is -0.395 e. The predicted octanol–water partition coefficient (Wildman–Crippen LogP) is 0.162. The van der Waals surface area contributed by atoms with Gasteiger partial charge in [-0.25, -0.2) is 0 Å². The van der Waals surface area contributed by atoms with Gasteiger partial charge in [-0.05, 0) is 19.4 Å². The summed E-state index contributed by atoms with van der Waals surface area (Å²) in [6.07, 6.45) is 5.47. The molecule has 0 aromatic carbocycles. The monoisotopic (exact) mass is 210 g/mol. The van der Waals surface area contributed by atoms with E-state index in [4.69, 9.17) is 0 Å². The molecule has 1 unspecified atom stereocenters. The molecule has 1 aromatic heterocycles. The van der Waals surface area contributed by atoms with E-state index in [9.17, 15) is 5.11 Å². The average Bonchev–Trinajstić information content (AvgIpc) is 2.65. The van der Waals surface area contributed by atoms with Gasteiger partial charge < -0.3 is 5.11 Å². The Hall–Kier alpha value is -0.940. The Morgan fingerprint density at radius 1 is 1.53 bits per heavy atom. The number of piperidine rings is 1. The van der Waals surface area contributed by atoms with Crippen LogP contribution >= 0.6 is 0 Å². The summed E-state index contributed by atoms with van der Waals surface area (Å²) in [6, 6.07) is 0.306. The van der Waals surface area contributed by atoms with Crippen molar-refractivity contribution in [1.29, 1.82) is 0 Å². The number of likely N-dealkylation sites (tertiary alicyclic amines) is 1. The molecule has 84 valence electrons. The van der Waals surface area contributed by atoms with Crippen LogP contribution in [-0.2, 0) is 13.6 Å². The third kappa shape index (κ3) is 2.54.